The molecule has 3 aromatic rings. The zero-order chi connectivity index (χ0) is 17.7. The highest BCUT2D eigenvalue weighted by Crippen LogP contribution is 2.33. The predicted octanol–water partition coefficient (Wildman–Crippen LogP) is 4.51. The summed E-state index contributed by atoms with van der Waals surface area (Å²) in [6.45, 7) is 0.271. The molecule has 1 aliphatic heterocycles. The van der Waals surface area contributed by atoms with Crippen LogP contribution in [0.3, 0.4) is 0 Å². The van der Waals surface area contributed by atoms with Crippen molar-refractivity contribution in [1.29, 1.82) is 0 Å². The maximum Gasteiger partial charge on any atom is 0.262 e. The van der Waals surface area contributed by atoms with E-state index in [0.717, 1.165) is 23.1 Å². The van der Waals surface area contributed by atoms with Gasteiger partial charge >= 0.3 is 0 Å². The summed E-state index contributed by atoms with van der Waals surface area (Å²) in [5.41, 5.74) is 0.798. The van der Waals surface area contributed by atoms with Crippen molar-refractivity contribution in [2.24, 2.45) is 0 Å². The molecule has 0 saturated carbocycles. The number of carbonyl (C=O) groups is 1. The molecule has 126 valence electrons. The molecule has 1 aromatic heterocycles. The fourth-order valence-electron chi connectivity index (χ4n) is 2.99. The number of rotatable bonds is 1. The highest BCUT2D eigenvalue weighted by atomic mass is 35.5. The van der Waals surface area contributed by atoms with E-state index in [-0.39, 0.29) is 6.54 Å². The molecule has 7 heteroatoms. The minimum atomic E-state index is -1.67. The number of carbonyl (C=O) groups excluding carboxylic acids is 1. The fourth-order valence-corrected chi connectivity index (χ4v) is 3.21. The third kappa shape index (κ3) is 2.44. The monoisotopic (exact) mass is 362 g/mol. The highest BCUT2D eigenvalue weighted by Gasteiger charge is 2.30. The Morgan fingerprint density at radius 1 is 1.12 bits per heavy atom. The Balaban J connectivity index is 1.81. The third-order valence-corrected chi connectivity index (χ3v) is 4.53. The summed E-state index contributed by atoms with van der Waals surface area (Å²) in [5.74, 6) is -4.92. The van der Waals surface area contributed by atoms with Crippen molar-refractivity contribution in [3.63, 3.8) is 0 Å². The van der Waals surface area contributed by atoms with E-state index in [9.17, 15) is 18.0 Å². The molecule has 2 heterocycles. The van der Waals surface area contributed by atoms with Crippen LogP contribution in [0.25, 0.3) is 10.9 Å². The number of aromatic nitrogens is 1. The predicted molar refractivity (Wildman–Crippen MR) is 88.4 cm³/mol. The molecule has 0 saturated heterocycles. The second-order valence-corrected chi connectivity index (χ2v) is 6.12. The number of nitrogens with zero attached hydrogens (tertiary/aromatic N) is 2. The van der Waals surface area contributed by atoms with Gasteiger partial charge in [0, 0.05) is 11.9 Å². The Labute approximate surface area is 145 Å². The van der Waals surface area contributed by atoms with Crippen molar-refractivity contribution in [2.45, 2.75) is 6.42 Å². The third-order valence-electron chi connectivity index (χ3n) is 4.22. The van der Waals surface area contributed by atoms with E-state index in [2.05, 4.69) is 4.98 Å². The van der Waals surface area contributed by atoms with Gasteiger partial charge in [0.15, 0.2) is 17.5 Å². The molecule has 0 bridgehead atoms. The minimum absolute atomic E-state index is 0.271. The standard InChI is InChI=1S/C18H10ClF3N2O/c19-12-3-1-2-9-8-10-6-7-24(17(10)23-16(9)12)18(25)11-4-5-13(20)15(22)14(11)21/h1-5,8H,6-7H2. The van der Waals surface area contributed by atoms with Crippen molar-refractivity contribution in [2.75, 3.05) is 11.4 Å². The average Bonchev–Trinajstić information content (AvgIpc) is 3.01. The van der Waals surface area contributed by atoms with E-state index in [1.54, 1.807) is 12.1 Å². The number of para-hydroxylation sites is 1. The van der Waals surface area contributed by atoms with Crippen LogP contribution in [0.15, 0.2) is 36.4 Å². The van der Waals surface area contributed by atoms with Crippen LogP contribution in [0.4, 0.5) is 19.0 Å². The molecule has 0 N–H and O–H groups in total. The van der Waals surface area contributed by atoms with Gasteiger partial charge in [-0.25, -0.2) is 18.2 Å². The number of fused-ring (bicyclic) bond motifs is 2. The normalized spacial score (nSPS) is 13.4. The van der Waals surface area contributed by atoms with Gasteiger partial charge in [0.1, 0.15) is 5.82 Å². The van der Waals surface area contributed by atoms with Crippen LogP contribution in [-0.4, -0.2) is 17.4 Å². The first-order valence-corrected chi connectivity index (χ1v) is 7.88. The molecule has 0 spiro atoms. The summed E-state index contributed by atoms with van der Waals surface area (Å²) in [6, 6.07) is 8.87. The molecule has 0 unspecified atom stereocenters. The Morgan fingerprint density at radius 2 is 1.92 bits per heavy atom. The molecular formula is C18H10ClF3N2O. The number of anilines is 1. The largest absolute Gasteiger partial charge is 0.292 e. The lowest BCUT2D eigenvalue weighted by molar-refractivity contribution is 0.0983. The van der Waals surface area contributed by atoms with E-state index in [4.69, 9.17) is 11.6 Å². The van der Waals surface area contributed by atoms with Gasteiger partial charge in [-0.1, -0.05) is 23.7 Å². The van der Waals surface area contributed by atoms with Crippen LogP contribution in [0, 0.1) is 17.5 Å². The number of benzene rings is 2. The maximum absolute atomic E-state index is 14.0. The zero-order valence-corrected chi connectivity index (χ0v) is 13.4. The molecule has 1 amide bonds. The van der Waals surface area contributed by atoms with Crippen LogP contribution in [0.2, 0.25) is 5.02 Å². The Bertz CT molecular complexity index is 1040. The van der Waals surface area contributed by atoms with Crippen molar-refractivity contribution in [3.8, 4) is 0 Å². The van der Waals surface area contributed by atoms with Gasteiger partial charge in [-0.15, -0.1) is 0 Å². The highest BCUT2D eigenvalue weighted by molar-refractivity contribution is 6.35. The Morgan fingerprint density at radius 3 is 2.72 bits per heavy atom. The Kier molecular flexibility index (Phi) is 3.65. The lowest BCUT2D eigenvalue weighted by Crippen LogP contribution is -2.30. The first kappa shape index (κ1) is 15.9. The van der Waals surface area contributed by atoms with Crippen molar-refractivity contribution in [3.05, 3.63) is 70.0 Å². The maximum atomic E-state index is 14.0. The quantitative estimate of drug-likeness (QED) is 0.597. The molecular weight excluding hydrogens is 353 g/mol. The lowest BCUT2D eigenvalue weighted by Gasteiger charge is -2.17. The van der Waals surface area contributed by atoms with Crippen molar-refractivity contribution >= 4 is 34.2 Å². The number of amides is 1. The smallest absolute Gasteiger partial charge is 0.262 e. The van der Waals surface area contributed by atoms with Crippen LogP contribution in [0.1, 0.15) is 15.9 Å². The van der Waals surface area contributed by atoms with Gasteiger partial charge in [-0.05, 0) is 36.2 Å². The second-order valence-electron chi connectivity index (χ2n) is 5.71. The first-order chi connectivity index (χ1) is 12.0. The van der Waals surface area contributed by atoms with Gasteiger partial charge < -0.3 is 0 Å². The number of hydrogen-bond donors (Lipinski definition) is 0. The SMILES string of the molecule is O=C(c1ccc(F)c(F)c1F)N1CCc2cc3cccc(Cl)c3nc21. The van der Waals surface area contributed by atoms with Crippen LogP contribution >= 0.6 is 11.6 Å². The summed E-state index contributed by atoms with van der Waals surface area (Å²) in [7, 11) is 0. The molecule has 25 heavy (non-hydrogen) atoms. The number of hydrogen-bond acceptors (Lipinski definition) is 2. The van der Waals surface area contributed by atoms with Crippen molar-refractivity contribution < 1.29 is 18.0 Å². The summed E-state index contributed by atoms with van der Waals surface area (Å²) in [6.07, 6.45) is 0.530. The number of pyridine rings is 1. The summed E-state index contributed by atoms with van der Waals surface area (Å²) in [5, 5.41) is 1.26. The molecule has 2 aromatic carbocycles. The minimum Gasteiger partial charge on any atom is -0.292 e. The van der Waals surface area contributed by atoms with Gasteiger partial charge in [0.2, 0.25) is 0 Å². The van der Waals surface area contributed by atoms with Gasteiger partial charge in [-0.3, -0.25) is 9.69 Å². The van der Waals surface area contributed by atoms with Crippen LogP contribution in [0.5, 0.6) is 0 Å². The summed E-state index contributed by atoms with van der Waals surface area (Å²) < 4.78 is 40.5. The molecule has 1 aliphatic rings. The molecule has 0 atom stereocenters. The zero-order valence-electron chi connectivity index (χ0n) is 12.7. The topological polar surface area (TPSA) is 33.2 Å². The van der Waals surface area contributed by atoms with Gasteiger partial charge in [-0.2, -0.15) is 0 Å². The van der Waals surface area contributed by atoms with Crippen LogP contribution in [-0.2, 0) is 6.42 Å². The first-order valence-electron chi connectivity index (χ1n) is 7.51. The molecule has 0 aliphatic carbocycles. The van der Waals surface area contributed by atoms with Crippen molar-refractivity contribution in [1.82, 2.24) is 4.98 Å². The summed E-state index contributed by atoms with van der Waals surface area (Å²) >= 11 is 6.15. The summed E-state index contributed by atoms with van der Waals surface area (Å²) in [4.78, 5) is 18.3. The van der Waals surface area contributed by atoms with Gasteiger partial charge in [0.25, 0.3) is 5.91 Å². The average molecular weight is 363 g/mol. The molecule has 0 fully saturated rings. The van der Waals surface area contributed by atoms with Gasteiger partial charge in [0.05, 0.1) is 16.1 Å². The molecule has 3 nitrogen and oxygen atoms in total. The Hall–Kier alpha value is -2.60. The fraction of sp³-hybridized carbons (Fsp3) is 0.111. The van der Waals surface area contributed by atoms with E-state index in [1.807, 2.05) is 12.1 Å². The van der Waals surface area contributed by atoms with E-state index >= 15 is 0 Å². The second kappa shape index (κ2) is 5.74. The number of halogens is 4. The van der Waals surface area contributed by atoms with E-state index in [1.165, 1.54) is 4.90 Å². The lowest BCUT2D eigenvalue weighted by atomic mass is 10.1. The van der Waals surface area contributed by atoms with Crippen LogP contribution < -0.4 is 4.90 Å². The van der Waals surface area contributed by atoms with E-state index < -0.39 is 28.9 Å². The van der Waals surface area contributed by atoms with E-state index in [0.29, 0.717) is 22.8 Å². The molecule has 0 radical (unpaired) electrons. The molecule has 4 rings (SSSR count).